The van der Waals surface area contributed by atoms with Crippen molar-refractivity contribution in [3.63, 3.8) is 0 Å². The minimum atomic E-state index is 0.609. The topological polar surface area (TPSA) is 24.9 Å². The quantitative estimate of drug-likeness (QED) is 0.912. The standard InChI is InChI=1S/C12H17BrN2S/c1-2-16-11-5-4-10(7-11)15-12-6-3-9(13)8-14-12/h3,6,8,10-11H,2,4-5,7H2,1H3,(H,14,15). The Labute approximate surface area is 110 Å². The fourth-order valence-electron chi connectivity index (χ4n) is 2.13. The summed E-state index contributed by atoms with van der Waals surface area (Å²) in [6.07, 6.45) is 5.73. The molecule has 2 unspecified atom stereocenters. The van der Waals surface area contributed by atoms with Crippen molar-refractivity contribution in [3.05, 3.63) is 22.8 Å². The zero-order chi connectivity index (χ0) is 11.4. The van der Waals surface area contributed by atoms with Crippen LogP contribution in [0.3, 0.4) is 0 Å². The number of nitrogens with one attached hydrogen (secondary N) is 1. The van der Waals surface area contributed by atoms with Crippen molar-refractivity contribution >= 4 is 33.5 Å². The van der Waals surface area contributed by atoms with Gasteiger partial charge in [-0.15, -0.1) is 0 Å². The van der Waals surface area contributed by atoms with Crippen LogP contribution in [0.2, 0.25) is 0 Å². The van der Waals surface area contributed by atoms with Gasteiger partial charge in [0.2, 0.25) is 0 Å². The lowest BCUT2D eigenvalue weighted by Gasteiger charge is -2.13. The lowest BCUT2D eigenvalue weighted by atomic mass is 10.2. The van der Waals surface area contributed by atoms with Crippen LogP contribution < -0.4 is 5.32 Å². The Kier molecular flexibility index (Phi) is 4.53. The first-order valence-electron chi connectivity index (χ1n) is 5.77. The first-order valence-corrected chi connectivity index (χ1v) is 7.62. The number of pyridine rings is 1. The number of halogens is 1. The molecule has 88 valence electrons. The summed E-state index contributed by atoms with van der Waals surface area (Å²) in [7, 11) is 0. The van der Waals surface area contributed by atoms with Gasteiger partial charge in [0.1, 0.15) is 5.82 Å². The Morgan fingerprint density at radius 1 is 1.50 bits per heavy atom. The van der Waals surface area contributed by atoms with Gasteiger partial charge in [-0.25, -0.2) is 4.98 Å². The summed E-state index contributed by atoms with van der Waals surface area (Å²) in [5, 5.41) is 4.36. The summed E-state index contributed by atoms with van der Waals surface area (Å²) < 4.78 is 1.03. The van der Waals surface area contributed by atoms with Crippen LogP contribution in [0.5, 0.6) is 0 Å². The molecular weight excluding hydrogens is 284 g/mol. The molecule has 0 spiro atoms. The number of hydrogen-bond acceptors (Lipinski definition) is 3. The molecule has 1 saturated carbocycles. The van der Waals surface area contributed by atoms with Crippen LogP contribution >= 0.6 is 27.7 Å². The van der Waals surface area contributed by atoms with E-state index in [4.69, 9.17) is 0 Å². The van der Waals surface area contributed by atoms with Crippen molar-refractivity contribution in [2.75, 3.05) is 11.1 Å². The van der Waals surface area contributed by atoms with Gasteiger partial charge in [-0.3, -0.25) is 0 Å². The Hall–Kier alpha value is -0.220. The first-order chi connectivity index (χ1) is 7.78. The van der Waals surface area contributed by atoms with Gasteiger partial charge in [0.15, 0.2) is 0 Å². The number of nitrogens with zero attached hydrogens (tertiary/aromatic N) is 1. The Morgan fingerprint density at radius 3 is 3.06 bits per heavy atom. The molecule has 2 rings (SSSR count). The summed E-state index contributed by atoms with van der Waals surface area (Å²) in [5.41, 5.74) is 0. The summed E-state index contributed by atoms with van der Waals surface area (Å²) in [6.45, 7) is 2.24. The summed E-state index contributed by atoms with van der Waals surface area (Å²) in [6, 6.07) is 4.67. The Balaban J connectivity index is 1.84. The van der Waals surface area contributed by atoms with Crippen molar-refractivity contribution in [1.29, 1.82) is 0 Å². The largest absolute Gasteiger partial charge is 0.367 e. The lowest BCUT2D eigenvalue weighted by Crippen LogP contribution is -2.16. The van der Waals surface area contributed by atoms with E-state index in [9.17, 15) is 0 Å². The van der Waals surface area contributed by atoms with E-state index in [1.807, 2.05) is 18.3 Å². The third-order valence-corrected chi connectivity index (χ3v) is 4.57. The fraction of sp³-hybridized carbons (Fsp3) is 0.583. The molecule has 1 heterocycles. The average Bonchev–Trinajstić information content (AvgIpc) is 2.70. The molecule has 16 heavy (non-hydrogen) atoms. The summed E-state index contributed by atoms with van der Waals surface area (Å²) in [5.74, 6) is 2.23. The number of hydrogen-bond donors (Lipinski definition) is 1. The molecule has 1 aromatic heterocycles. The molecule has 1 N–H and O–H groups in total. The van der Waals surface area contributed by atoms with Crippen molar-refractivity contribution in [2.24, 2.45) is 0 Å². The molecule has 1 fully saturated rings. The maximum absolute atomic E-state index is 4.35. The normalized spacial score (nSPS) is 24.6. The predicted octanol–water partition coefficient (Wildman–Crippen LogP) is 3.93. The van der Waals surface area contributed by atoms with Gasteiger partial charge in [0.25, 0.3) is 0 Å². The SMILES string of the molecule is CCSC1CCC(Nc2ccc(Br)cn2)C1. The highest BCUT2D eigenvalue weighted by atomic mass is 79.9. The van der Waals surface area contributed by atoms with Crippen molar-refractivity contribution in [2.45, 2.75) is 37.5 Å². The van der Waals surface area contributed by atoms with Gasteiger partial charge in [0.05, 0.1) is 0 Å². The van der Waals surface area contributed by atoms with Crippen LogP contribution in [0.25, 0.3) is 0 Å². The summed E-state index contributed by atoms with van der Waals surface area (Å²) in [4.78, 5) is 4.35. The third-order valence-electron chi connectivity index (χ3n) is 2.87. The van der Waals surface area contributed by atoms with Gasteiger partial charge in [-0.2, -0.15) is 11.8 Å². The van der Waals surface area contributed by atoms with E-state index in [2.05, 4.69) is 44.9 Å². The molecule has 0 saturated heterocycles. The molecule has 0 aromatic carbocycles. The molecule has 1 aliphatic carbocycles. The van der Waals surface area contributed by atoms with Crippen molar-refractivity contribution in [3.8, 4) is 0 Å². The zero-order valence-electron chi connectivity index (χ0n) is 9.45. The second-order valence-corrected chi connectivity index (χ2v) is 6.59. The number of aromatic nitrogens is 1. The minimum absolute atomic E-state index is 0.609. The lowest BCUT2D eigenvalue weighted by molar-refractivity contribution is 0.752. The van der Waals surface area contributed by atoms with Gasteiger partial charge >= 0.3 is 0 Å². The molecule has 0 aliphatic heterocycles. The van der Waals surface area contributed by atoms with Crippen LogP contribution in [0.15, 0.2) is 22.8 Å². The van der Waals surface area contributed by atoms with Crippen molar-refractivity contribution < 1.29 is 0 Å². The van der Waals surface area contributed by atoms with Crippen LogP contribution in [0.1, 0.15) is 26.2 Å². The maximum Gasteiger partial charge on any atom is 0.126 e. The number of rotatable bonds is 4. The molecule has 0 radical (unpaired) electrons. The second kappa shape index (κ2) is 5.92. The van der Waals surface area contributed by atoms with Crippen LogP contribution in [-0.2, 0) is 0 Å². The maximum atomic E-state index is 4.35. The second-order valence-electron chi connectivity index (χ2n) is 4.09. The zero-order valence-corrected chi connectivity index (χ0v) is 11.9. The summed E-state index contributed by atoms with van der Waals surface area (Å²) >= 11 is 5.48. The van der Waals surface area contributed by atoms with Crippen LogP contribution in [-0.4, -0.2) is 22.0 Å². The van der Waals surface area contributed by atoms with E-state index in [-0.39, 0.29) is 0 Å². The molecular formula is C12H17BrN2S. The van der Waals surface area contributed by atoms with E-state index in [1.165, 1.54) is 25.0 Å². The smallest absolute Gasteiger partial charge is 0.126 e. The van der Waals surface area contributed by atoms with Crippen molar-refractivity contribution in [1.82, 2.24) is 4.98 Å². The Bertz CT molecular complexity index is 328. The van der Waals surface area contributed by atoms with E-state index in [1.54, 1.807) is 0 Å². The number of thioether (sulfide) groups is 1. The molecule has 2 nitrogen and oxygen atoms in total. The molecule has 0 bridgehead atoms. The molecule has 1 aromatic rings. The Morgan fingerprint density at radius 2 is 2.38 bits per heavy atom. The van der Waals surface area contributed by atoms with E-state index in [0.29, 0.717) is 6.04 Å². The highest BCUT2D eigenvalue weighted by Crippen LogP contribution is 2.31. The molecule has 2 atom stereocenters. The van der Waals surface area contributed by atoms with E-state index < -0.39 is 0 Å². The highest BCUT2D eigenvalue weighted by molar-refractivity contribution is 9.10. The van der Waals surface area contributed by atoms with Gasteiger partial charge in [0, 0.05) is 22.0 Å². The predicted molar refractivity (Wildman–Crippen MR) is 75.1 cm³/mol. The molecule has 0 amide bonds. The minimum Gasteiger partial charge on any atom is -0.367 e. The van der Waals surface area contributed by atoms with Crippen LogP contribution in [0, 0.1) is 0 Å². The van der Waals surface area contributed by atoms with E-state index >= 15 is 0 Å². The third kappa shape index (κ3) is 3.39. The van der Waals surface area contributed by atoms with Gasteiger partial charge in [-0.05, 0) is 53.1 Å². The monoisotopic (exact) mass is 300 g/mol. The highest BCUT2D eigenvalue weighted by Gasteiger charge is 2.24. The van der Waals surface area contributed by atoms with Crippen LogP contribution in [0.4, 0.5) is 5.82 Å². The first kappa shape index (κ1) is 12.2. The van der Waals surface area contributed by atoms with Gasteiger partial charge < -0.3 is 5.32 Å². The molecule has 1 aliphatic rings. The fourth-order valence-corrected chi connectivity index (χ4v) is 3.51. The van der Waals surface area contributed by atoms with E-state index in [0.717, 1.165) is 15.5 Å². The molecule has 4 heteroatoms. The average molecular weight is 301 g/mol. The van der Waals surface area contributed by atoms with Gasteiger partial charge in [-0.1, -0.05) is 6.92 Å². The number of anilines is 1.